The van der Waals surface area contributed by atoms with E-state index in [0.717, 1.165) is 13.0 Å². The summed E-state index contributed by atoms with van der Waals surface area (Å²) in [5, 5.41) is 3.48. The van der Waals surface area contributed by atoms with Crippen LogP contribution in [0.5, 0.6) is 0 Å². The molecule has 1 aromatic rings. The number of hydrogen-bond acceptors (Lipinski definition) is 2. The maximum absolute atomic E-state index is 5.33. The van der Waals surface area contributed by atoms with E-state index in [9.17, 15) is 0 Å². The molecule has 2 unspecified atom stereocenters. The Balaban J connectivity index is 2.09. The van der Waals surface area contributed by atoms with Crippen molar-refractivity contribution in [3.05, 3.63) is 35.4 Å². The van der Waals surface area contributed by atoms with Crippen LogP contribution in [0.25, 0.3) is 0 Å². The minimum absolute atomic E-state index is 0.375. The van der Waals surface area contributed by atoms with Crippen LogP contribution in [0, 0.1) is 6.92 Å². The van der Waals surface area contributed by atoms with E-state index >= 15 is 0 Å². The summed E-state index contributed by atoms with van der Waals surface area (Å²) in [5.74, 6) is 0. The van der Waals surface area contributed by atoms with Gasteiger partial charge < -0.3 is 10.1 Å². The molecule has 76 valence electrons. The highest BCUT2D eigenvalue weighted by molar-refractivity contribution is 5.25. The Morgan fingerprint density at radius 2 is 2.29 bits per heavy atom. The predicted octanol–water partition coefficient (Wildman–Crippen LogP) is 2.04. The molecular formula is C12H17NO. The van der Waals surface area contributed by atoms with E-state index in [0.29, 0.717) is 12.1 Å². The van der Waals surface area contributed by atoms with Gasteiger partial charge in [-0.3, -0.25) is 0 Å². The van der Waals surface area contributed by atoms with Crippen molar-refractivity contribution in [1.82, 2.24) is 5.32 Å². The molecule has 0 radical (unpaired) electrons. The Kier molecular flexibility index (Phi) is 2.85. The first-order valence-corrected chi connectivity index (χ1v) is 5.12. The molecule has 1 aliphatic rings. The summed E-state index contributed by atoms with van der Waals surface area (Å²) in [6.07, 6.45) is 1.46. The zero-order chi connectivity index (χ0) is 9.97. The average molecular weight is 191 g/mol. The van der Waals surface area contributed by atoms with Crippen molar-refractivity contribution < 1.29 is 4.74 Å². The number of nitrogens with one attached hydrogen (secondary N) is 1. The fourth-order valence-electron chi connectivity index (χ4n) is 2.02. The largest absolute Gasteiger partial charge is 0.380 e. The zero-order valence-corrected chi connectivity index (χ0v) is 8.79. The SMILES string of the molecule is COC1CNC(c2cccc(C)c2)C1. The Labute approximate surface area is 85.3 Å². The van der Waals surface area contributed by atoms with Gasteiger partial charge in [-0.1, -0.05) is 29.8 Å². The van der Waals surface area contributed by atoms with Gasteiger partial charge in [0.05, 0.1) is 6.10 Å². The quantitative estimate of drug-likeness (QED) is 0.772. The van der Waals surface area contributed by atoms with Crippen LogP contribution in [0.2, 0.25) is 0 Å². The third-order valence-electron chi connectivity index (χ3n) is 2.87. The van der Waals surface area contributed by atoms with Crippen LogP contribution in [-0.4, -0.2) is 19.8 Å². The van der Waals surface area contributed by atoms with Gasteiger partial charge in [-0.05, 0) is 18.9 Å². The van der Waals surface area contributed by atoms with Crippen molar-refractivity contribution in [3.63, 3.8) is 0 Å². The molecule has 0 bridgehead atoms. The summed E-state index contributed by atoms with van der Waals surface area (Å²) in [6.45, 7) is 3.10. The van der Waals surface area contributed by atoms with Gasteiger partial charge in [0.25, 0.3) is 0 Å². The third kappa shape index (κ3) is 1.97. The lowest BCUT2D eigenvalue weighted by Gasteiger charge is -2.11. The van der Waals surface area contributed by atoms with Crippen molar-refractivity contribution in [2.24, 2.45) is 0 Å². The molecule has 2 nitrogen and oxygen atoms in total. The highest BCUT2D eigenvalue weighted by atomic mass is 16.5. The fourth-order valence-corrected chi connectivity index (χ4v) is 2.02. The first-order valence-electron chi connectivity index (χ1n) is 5.12. The Morgan fingerprint density at radius 3 is 2.93 bits per heavy atom. The Hall–Kier alpha value is -0.860. The lowest BCUT2D eigenvalue weighted by atomic mass is 10.0. The van der Waals surface area contributed by atoms with Crippen LogP contribution in [0.4, 0.5) is 0 Å². The summed E-state index contributed by atoms with van der Waals surface area (Å²) >= 11 is 0. The molecular weight excluding hydrogens is 174 g/mol. The van der Waals surface area contributed by atoms with E-state index in [2.05, 4.69) is 36.5 Å². The van der Waals surface area contributed by atoms with Crippen LogP contribution >= 0.6 is 0 Å². The second kappa shape index (κ2) is 4.11. The van der Waals surface area contributed by atoms with E-state index in [-0.39, 0.29) is 0 Å². The minimum Gasteiger partial charge on any atom is -0.380 e. The van der Waals surface area contributed by atoms with Crippen molar-refractivity contribution in [1.29, 1.82) is 0 Å². The van der Waals surface area contributed by atoms with E-state index in [1.54, 1.807) is 7.11 Å². The standard InChI is InChI=1S/C12H17NO/c1-9-4-3-5-10(6-9)12-7-11(14-2)8-13-12/h3-6,11-13H,7-8H2,1-2H3. The topological polar surface area (TPSA) is 21.3 Å². The average Bonchev–Trinajstić information content (AvgIpc) is 2.66. The van der Waals surface area contributed by atoms with Gasteiger partial charge in [0.2, 0.25) is 0 Å². The van der Waals surface area contributed by atoms with Gasteiger partial charge >= 0.3 is 0 Å². The van der Waals surface area contributed by atoms with E-state index in [1.807, 2.05) is 0 Å². The van der Waals surface area contributed by atoms with E-state index in [4.69, 9.17) is 4.74 Å². The first kappa shape index (κ1) is 9.69. The van der Waals surface area contributed by atoms with Crippen molar-refractivity contribution in [2.75, 3.05) is 13.7 Å². The van der Waals surface area contributed by atoms with Gasteiger partial charge in [-0.15, -0.1) is 0 Å². The molecule has 0 amide bonds. The summed E-state index contributed by atoms with van der Waals surface area (Å²) in [6, 6.07) is 9.15. The number of ether oxygens (including phenoxy) is 1. The number of methoxy groups -OCH3 is 1. The number of rotatable bonds is 2. The Morgan fingerprint density at radius 1 is 1.43 bits per heavy atom. The molecule has 1 N–H and O–H groups in total. The van der Waals surface area contributed by atoms with Gasteiger partial charge in [0.15, 0.2) is 0 Å². The van der Waals surface area contributed by atoms with Crippen LogP contribution in [0.1, 0.15) is 23.6 Å². The fraction of sp³-hybridized carbons (Fsp3) is 0.500. The lowest BCUT2D eigenvalue weighted by molar-refractivity contribution is 0.117. The molecule has 0 aliphatic carbocycles. The lowest BCUT2D eigenvalue weighted by Crippen LogP contribution is -2.16. The number of benzene rings is 1. The van der Waals surface area contributed by atoms with E-state index in [1.165, 1.54) is 11.1 Å². The Bertz CT molecular complexity index is 311. The monoisotopic (exact) mass is 191 g/mol. The minimum atomic E-state index is 0.375. The van der Waals surface area contributed by atoms with Gasteiger partial charge in [-0.2, -0.15) is 0 Å². The molecule has 0 spiro atoms. The molecule has 2 atom stereocenters. The summed E-state index contributed by atoms with van der Waals surface area (Å²) < 4.78 is 5.33. The molecule has 14 heavy (non-hydrogen) atoms. The molecule has 1 fully saturated rings. The molecule has 1 saturated heterocycles. The molecule has 0 saturated carbocycles. The molecule has 1 aromatic carbocycles. The van der Waals surface area contributed by atoms with Crippen molar-refractivity contribution >= 4 is 0 Å². The molecule has 0 aromatic heterocycles. The van der Waals surface area contributed by atoms with Gasteiger partial charge in [0, 0.05) is 19.7 Å². The van der Waals surface area contributed by atoms with Crippen LogP contribution in [0.3, 0.4) is 0 Å². The van der Waals surface area contributed by atoms with Crippen LogP contribution < -0.4 is 5.32 Å². The highest BCUT2D eigenvalue weighted by Gasteiger charge is 2.24. The van der Waals surface area contributed by atoms with Crippen molar-refractivity contribution in [3.8, 4) is 0 Å². The first-order chi connectivity index (χ1) is 6.79. The summed E-state index contributed by atoms with van der Waals surface area (Å²) in [5.41, 5.74) is 2.70. The number of hydrogen-bond donors (Lipinski definition) is 1. The maximum atomic E-state index is 5.33. The zero-order valence-electron chi connectivity index (χ0n) is 8.79. The van der Waals surface area contributed by atoms with Gasteiger partial charge in [-0.25, -0.2) is 0 Å². The predicted molar refractivity (Wildman–Crippen MR) is 57.3 cm³/mol. The van der Waals surface area contributed by atoms with Gasteiger partial charge in [0.1, 0.15) is 0 Å². The van der Waals surface area contributed by atoms with Crippen LogP contribution in [0.15, 0.2) is 24.3 Å². The molecule has 2 rings (SSSR count). The second-order valence-electron chi connectivity index (χ2n) is 3.97. The third-order valence-corrected chi connectivity index (χ3v) is 2.87. The van der Waals surface area contributed by atoms with Crippen molar-refractivity contribution in [2.45, 2.75) is 25.5 Å². The summed E-state index contributed by atoms with van der Waals surface area (Å²) in [7, 11) is 1.78. The molecule has 1 aliphatic heterocycles. The second-order valence-corrected chi connectivity index (χ2v) is 3.97. The highest BCUT2D eigenvalue weighted by Crippen LogP contribution is 2.24. The number of aryl methyl sites for hydroxylation is 1. The molecule has 1 heterocycles. The van der Waals surface area contributed by atoms with Crippen LogP contribution in [-0.2, 0) is 4.74 Å². The maximum Gasteiger partial charge on any atom is 0.0714 e. The summed E-state index contributed by atoms with van der Waals surface area (Å²) in [4.78, 5) is 0. The smallest absolute Gasteiger partial charge is 0.0714 e. The van der Waals surface area contributed by atoms with E-state index < -0.39 is 0 Å². The molecule has 2 heteroatoms. The normalized spacial score (nSPS) is 26.7.